The molecule has 5 atom stereocenters. The Kier molecular flexibility index (Phi) is 11.2. The second kappa shape index (κ2) is 15.5. The molecule has 4 bridgehead atoms. The number of hydrogen-bond acceptors (Lipinski definition) is 9. The Morgan fingerprint density at radius 2 is 1.81 bits per heavy atom. The molecule has 282 valence electrons. The predicted molar refractivity (Wildman–Crippen MR) is 203 cm³/mol. The van der Waals surface area contributed by atoms with E-state index in [1.165, 1.54) is 0 Å². The van der Waals surface area contributed by atoms with Crippen molar-refractivity contribution in [2.24, 2.45) is 23.2 Å². The molecule has 3 heterocycles. The summed E-state index contributed by atoms with van der Waals surface area (Å²) in [6, 6.07) is 5.35. The molecule has 1 N–H and O–H groups in total. The number of rotatable bonds is 8. The number of amides is 2. The zero-order chi connectivity index (χ0) is 36.6. The molecule has 11 nitrogen and oxygen atoms in total. The first-order valence-electron chi connectivity index (χ1n) is 19.3. The van der Waals surface area contributed by atoms with E-state index in [4.69, 9.17) is 9.47 Å². The standard InChI is InChI=1S/C39H50IN3O8S/c1-2-26-21-39(26,38(47)42-52(48,49)28-12-13-28)22-34(44)33-19-27-23-43(33)37(46)30(25-10-6-3-7-11-25)20-35(45)50-16-8-4-5-9-24-17-31-29(32(40)18-24)14-15-41-36(31)51-27/h14-15,17-18,25-28,30,33H,2-13,16,19-23H2,1H3,(H,42,47)/t26-,27-,30+,33+,39-/m1/s1. The third-order valence-corrected chi connectivity index (χ3v) is 14.9. The molecule has 1 aromatic heterocycles. The van der Waals surface area contributed by atoms with Crippen LogP contribution >= 0.6 is 22.6 Å². The van der Waals surface area contributed by atoms with E-state index >= 15 is 0 Å². The van der Waals surface area contributed by atoms with Gasteiger partial charge in [0, 0.05) is 33.4 Å². The number of nitrogens with one attached hydrogen (secondary N) is 1. The van der Waals surface area contributed by atoms with Crippen LogP contribution in [0, 0.1) is 26.7 Å². The van der Waals surface area contributed by atoms with Crippen molar-refractivity contribution in [2.45, 2.75) is 127 Å². The number of ketones is 1. The van der Waals surface area contributed by atoms with E-state index in [9.17, 15) is 27.6 Å². The van der Waals surface area contributed by atoms with Crippen LogP contribution in [0.25, 0.3) is 10.8 Å². The SMILES string of the molecule is CC[C@@H]1C[C@]1(CC(=O)[C@@H]1C[C@@H]2CN1C(=O)[C@H](C1CCCCC1)CC(=O)OCCCCCc1cc(I)c3ccnc(c3c1)O2)C(=O)NS(=O)(=O)C1CC1. The minimum absolute atomic E-state index is 0.00648. The Hall–Kier alpha value is -2.81. The molecule has 2 amide bonds. The fourth-order valence-corrected chi connectivity index (χ4v) is 11.2. The molecule has 5 aliphatic rings. The summed E-state index contributed by atoms with van der Waals surface area (Å²) in [6.07, 6.45) is 11.4. The first kappa shape index (κ1) is 37.5. The molecule has 52 heavy (non-hydrogen) atoms. The maximum atomic E-state index is 14.8. The highest BCUT2D eigenvalue weighted by atomic mass is 127. The van der Waals surface area contributed by atoms with Gasteiger partial charge >= 0.3 is 5.97 Å². The number of fused-ring (bicyclic) bond motifs is 3. The highest BCUT2D eigenvalue weighted by Crippen LogP contribution is 2.58. The van der Waals surface area contributed by atoms with Gasteiger partial charge in [-0.25, -0.2) is 13.4 Å². The molecule has 2 aliphatic heterocycles. The fourth-order valence-electron chi connectivity index (χ4n) is 8.95. The van der Waals surface area contributed by atoms with Crippen LogP contribution in [0.3, 0.4) is 0 Å². The lowest BCUT2D eigenvalue weighted by molar-refractivity contribution is -0.152. The van der Waals surface area contributed by atoms with Gasteiger partial charge in [0.25, 0.3) is 0 Å². The minimum Gasteiger partial charge on any atom is -0.472 e. The number of aromatic nitrogens is 1. The van der Waals surface area contributed by atoms with Crippen molar-refractivity contribution in [3.05, 3.63) is 33.5 Å². The summed E-state index contributed by atoms with van der Waals surface area (Å²) < 4.78 is 41.3. The number of nitrogens with zero attached hydrogens (tertiary/aromatic N) is 2. The van der Waals surface area contributed by atoms with E-state index < -0.39 is 50.6 Å². The van der Waals surface area contributed by atoms with Gasteiger partial charge in [0.2, 0.25) is 27.7 Å². The molecule has 0 radical (unpaired) electrons. The first-order chi connectivity index (χ1) is 25.0. The zero-order valence-electron chi connectivity index (χ0n) is 29.9. The lowest BCUT2D eigenvalue weighted by Crippen LogP contribution is -2.48. The van der Waals surface area contributed by atoms with Gasteiger partial charge in [0.05, 0.1) is 42.2 Å². The van der Waals surface area contributed by atoms with E-state index in [-0.39, 0.29) is 49.3 Å². The number of sulfonamides is 1. The third kappa shape index (κ3) is 8.00. The van der Waals surface area contributed by atoms with E-state index in [0.29, 0.717) is 38.2 Å². The number of aryl methyl sites for hydroxylation is 1. The Morgan fingerprint density at radius 1 is 1.04 bits per heavy atom. The molecule has 0 spiro atoms. The average Bonchev–Trinajstić information content (AvgIpc) is 4.05. The van der Waals surface area contributed by atoms with Crippen molar-refractivity contribution in [1.29, 1.82) is 0 Å². The molecule has 2 aromatic rings. The van der Waals surface area contributed by atoms with Crippen LogP contribution in [0.2, 0.25) is 0 Å². The molecular formula is C39H50IN3O8S. The highest BCUT2D eigenvalue weighted by Gasteiger charge is 2.61. The molecule has 3 saturated carbocycles. The number of carbonyl (C=O) groups excluding carboxylic acids is 4. The van der Waals surface area contributed by atoms with Crippen LogP contribution in [0.15, 0.2) is 24.4 Å². The molecular weight excluding hydrogens is 797 g/mol. The number of carbonyl (C=O) groups is 4. The highest BCUT2D eigenvalue weighted by molar-refractivity contribution is 14.1. The maximum Gasteiger partial charge on any atom is 0.306 e. The molecule has 7 rings (SSSR count). The molecule has 0 unspecified atom stereocenters. The predicted octanol–water partition coefficient (Wildman–Crippen LogP) is 6.03. The lowest BCUT2D eigenvalue weighted by Gasteiger charge is -2.34. The Morgan fingerprint density at radius 3 is 2.54 bits per heavy atom. The summed E-state index contributed by atoms with van der Waals surface area (Å²) in [7, 11) is -3.79. The van der Waals surface area contributed by atoms with E-state index in [1.807, 2.05) is 13.0 Å². The normalized spacial score (nSPS) is 29.2. The Labute approximate surface area is 319 Å². The summed E-state index contributed by atoms with van der Waals surface area (Å²) in [5.74, 6) is -1.87. The van der Waals surface area contributed by atoms with Gasteiger partial charge < -0.3 is 14.4 Å². The largest absolute Gasteiger partial charge is 0.472 e. The summed E-state index contributed by atoms with van der Waals surface area (Å²) in [5, 5.41) is 1.33. The van der Waals surface area contributed by atoms with Crippen molar-refractivity contribution in [2.75, 3.05) is 13.2 Å². The first-order valence-corrected chi connectivity index (χ1v) is 21.9. The maximum absolute atomic E-state index is 14.8. The van der Waals surface area contributed by atoms with Crippen molar-refractivity contribution in [3.8, 4) is 5.88 Å². The minimum atomic E-state index is -3.79. The van der Waals surface area contributed by atoms with Crippen LogP contribution in [-0.4, -0.2) is 72.4 Å². The number of esters is 1. The van der Waals surface area contributed by atoms with Crippen molar-refractivity contribution < 1.29 is 37.1 Å². The number of benzene rings is 1. The lowest BCUT2D eigenvalue weighted by atomic mass is 9.77. The zero-order valence-corrected chi connectivity index (χ0v) is 32.9. The summed E-state index contributed by atoms with van der Waals surface area (Å²) in [4.78, 5) is 62.4. The van der Waals surface area contributed by atoms with Gasteiger partial charge in [-0.05, 0) is 116 Å². The van der Waals surface area contributed by atoms with E-state index in [1.54, 1.807) is 11.1 Å². The molecule has 1 saturated heterocycles. The molecule has 1 aromatic carbocycles. The number of pyridine rings is 1. The second-order valence-electron chi connectivity index (χ2n) is 15.8. The van der Waals surface area contributed by atoms with Crippen LogP contribution < -0.4 is 9.46 Å². The topological polar surface area (TPSA) is 149 Å². The smallest absolute Gasteiger partial charge is 0.306 e. The van der Waals surface area contributed by atoms with Crippen LogP contribution in [0.4, 0.5) is 0 Å². The molecule has 13 heteroatoms. The Balaban J connectivity index is 1.21. The van der Waals surface area contributed by atoms with E-state index in [0.717, 1.165) is 77.7 Å². The quantitative estimate of drug-likeness (QED) is 0.249. The van der Waals surface area contributed by atoms with Crippen LogP contribution in [0.5, 0.6) is 5.88 Å². The van der Waals surface area contributed by atoms with Gasteiger partial charge in [-0.3, -0.25) is 23.9 Å². The summed E-state index contributed by atoms with van der Waals surface area (Å²) in [6.45, 7) is 2.37. The number of cyclic esters (lactones) is 1. The average molecular weight is 848 g/mol. The van der Waals surface area contributed by atoms with Crippen molar-refractivity contribution in [1.82, 2.24) is 14.6 Å². The Bertz CT molecular complexity index is 1830. The number of ether oxygens (including phenoxy) is 2. The molecule has 3 aliphatic carbocycles. The summed E-state index contributed by atoms with van der Waals surface area (Å²) in [5.41, 5.74) is 0.0200. The summed E-state index contributed by atoms with van der Waals surface area (Å²) >= 11 is 2.34. The van der Waals surface area contributed by atoms with Crippen molar-refractivity contribution in [3.63, 3.8) is 0 Å². The number of halogens is 1. The van der Waals surface area contributed by atoms with Crippen LogP contribution in [0.1, 0.15) is 109 Å². The van der Waals surface area contributed by atoms with Gasteiger partial charge in [-0.15, -0.1) is 0 Å². The molecule has 4 fully saturated rings. The fraction of sp³-hybridized carbons (Fsp3) is 0.667. The second-order valence-corrected chi connectivity index (χ2v) is 18.9. The van der Waals surface area contributed by atoms with Gasteiger partial charge in [-0.2, -0.15) is 0 Å². The van der Waals surface area contributed by atoms with Crippen LogP contribution in [-0.2, 0) is 40.4 Å². The van der Waals surface area contributed by atoms with E-state index in [2.05, 4.69) is 44.4 Å². The van der Waals surface area contributed by atoms with Crippen molar-refractivity contribution >= 4 is 67.0 Å². The number of Topliss-reactive ketones (excluding diaryl/α,β-unsaturated/α-hetero) is 1. The van der Waals surface area contributed by atoms with Gasteiger partial charge in [0.1, 0.15) is 6.10 Å². The monoisotopic (exact) mass is 847 g/mol. The third-order valence-electron chi connectivity index (χ3n) is 12.2. The van der Waals surface area contributed by atoms with Gasteiger partial charge in [0.15, 0.2) is 5.78 Å². The van der Waals surface area contributed by atoms with Gasteiger partial charge in [-0.1, -0.05) is 32.6 Å². The number of hydrogen-bond donors (Lipinski definition) is 1.